The summed E-state index contributed by atoms with van der Waals surface area (Å²) in [7, 11) is 0. The van der Waals surface area contributed by atoms with Crippen molar-refractivity contribution in [2.75, 3.05) is 6.54 Å². The molecule has 2 aromatic rings. The van der Waals surface area contributed by atoms with Crippen LogP contribution in [0.5, 0.6) is 0 Å². The Labute approximate surface area is 134 Å². The molecule has 0 radical (unpaired) electrons. The third kappa shape index (κ3) is 2.93. The van der Waals surface area contributed by atoms with Gasteiger partial charge in [-0.1, -0.05) is 6.07 Å². The summed E-state index contributed by atoms with van der Waals surface area (Å²) in [6.45, 7) is 0.662. The van der Waals surface area contributed by atoms with E-state index < -0.39 is 0 Å². The van der Waals surface area contributed by atoms with Crippen molar-refractivity contribution in [2.24, 2.45) is 0 Å². The Balaban J connectivity index is 1.45. The Hall–Kier alpha value is -2.37. The molecule has 3 heterocycles. The monoisotopic (exact) mass is 312 g/mol. The molecule has 1 saturated heterocycles. The van der Waals surface area contributed by atoms with Crippen LogP contribution in [-0.4, -0.2) is 44.7 Å². The van der Waals surface area contributed by atoms with E-state index in [1.165, 1.54) is 0 Å². The second kappa shape index (κ2) is 5.68. The van der Waals surface area contributed by atoms with Gasteiger partial charge >= 0.3 is 0 Å². The molecule has 120 valence electrons. The first-order chi connectivity index (χ1) is 11.2. The lowest BCUT2D eigenvalue weighted by molar-refractivity contribution is -0.138. The maximum absolute atomic E-state index is 12.6. The molecule has 1 unspecified atom stereocenters. The largest absolute Gasteiger partial charge is 0.352 e. The lowest BCUT2D eigenvalue weighted by Crippen LogP contribution is -2.47. The quantitative estimate of drug-likeness (QED) is 0.921. The normalized spacial score (nSPS) is 20.9. The molecule has 23 heavy (non-hydrogen) atoms. The van der Waals surface area contributed by atoms with Crippen molar-refractivity contribution in [3.8, 4) is 0 Å². The molecule has 1 aliphatic heterocycles. The standard InChI is InChI=1S/C17H20N4O2/c22-16(10-13-11-20-8-2-1-5-15(20)18-13)21-9-3-4-14(21)17(23)19-12-6-7-12/h1-2,5,8,11-12,14H,3-4,6-7,9-10H2,(H,19,23). The zero-order chi connectivity index (χ0) is 15.8. The number of pyridine rings is 1. The topological polar surface area (TPSA) is 66.7 Å². The van der Waals surface area contributed by atoms with Crippen LogP contribution in [0.3, 0.4) is 0 Å². The van der Waals surface area contributed by atoms with E-state index in [0.717, 1.165) is 37.0 Å². The first-order valence-electron chi connectivity index (χ1n) is 8.23. The fourth-order valence-corrected chi connectivity index (χ4v) is 3.19. The van der Waals surface area contributed by atoms with Gasteiger partial charge in [0.15, 0.2) is 0 Å². The van der Waals surface area contributed by atoms with Crippen LogP contribution >= 0.6 is 0 Å². The van der Waals surface area contributed by atoms with Crippen molar-refractivity contribution in [3.63, 3.8) is 0 Å². The van der Waals surface area contributed by atoms with E-state index in [-0.39, 0.29) is 24.3 Å². The summed E-state index contributed by atoms with van der Waals surface area (Å²) in [5, 5.41) is 3.01. The van der Waals surface area contributed by atoms with Gasteiger partial charge in [-0.3, -0.25) is 9.59 Å². The third-order valence-electron chi connectivity index (χ3n) is 4.55. The van der Waals surface area contributed by atoms with Gasteiger partial charge in [0.25, 0.3) is 0 Å². The van der Waals surface area contributed by atoms with E-state index in [1.807, 2.05) is 35.0 Å². The molecular weight excluding hydrogens is 292 g/mol. The molecule has 6 heteroatoms. The van der Waals surface area contributed by atoms with Crippen molar-refractivity contribution < 1.29 is 9.59 Å². The van der Waals surface area contributed by atoms with E-state index in [9.17, 15) is 9.59 Å². The molecule has 1 saturated carbocycles. The Kier molecular flexibility index (Phi) is 3.52. The summed E-state index contributed by atoms with van der Waals surface area (Å²) in [5.41, 5.74) is 1.58. The molecule has 0 bridgehead atoms. The van der Waals surface area contributed by atoms with Gasteiger partial charge in [-0.05, 0) is 37.8 Å². The number of fused-ring (bicyclic) bond motifs is 1. The van der Waals surface area contributed by atoms with Crippen molar-refractivity contribution >= 4 is 17.5 Å². The number of rotatable bonds is 4. The summed E-state index contributed by atoms with van der Waals surface area (Å²) in [6, 6.07) is 5.79. The van der Waals surface area contributed by atoms with Crippen LogP contribution in [-0.2, 0) is 16.0 Å². The lowest BCUT2D eigenvalue weighted by atomic mass is 10.2. The SMILES string of the molecule is O=C(NC1CC1)C1CCCN1C(=O)Cc1cn2ccccc2n1. The van der Waals surface area contributed by atoms with Gasteiger partial charge < -0.3 is 14.6 Å². The van der Waals surface area contributed by atoms with Crippen LogP contribution in [0.4, 0.5) is 0 Å². The molecule has 4 rings (SSSR count). The van der Waals surface area contributed by atoms with Crippen molar-refractivity contribution in [1.82, 2.24) is 19.6 Å². The zero-order valence-corrected chi connectivity index (χ0v) is 12.9. The Bertz CT molecular complexity index is 717. The predicted octanol–water partition coefficient (Wildman–Crippen LogP) is 1.15. The molecular formula is C17H20N4O2. The minimum atomic E-state index is -0.305. The number of hydrogen-bond acceptors (Lipinski definition) is 3. The minimum Gasteiger partial charge on any atom is -0.352 e. The summed E-state index contributed by atoms with van der Waals surface area (Å²) in [6.07, 6.45) is 7.81. The number of amides is 2. The first-order valence-corrected chi connectivity index (χ1v) is 8.23. The molecule has 6 nitrogen and oxygen atoms in total. The van der Waals surface area contributed by atoms with E-state index in [1.54, 1.807) is 4.90 Å². The van der Waals surface area contributed by atoms with Gasteiger partial charge in [-0.25, -0.2) is 4.98 Å². The molecule has 2 fully saturated rings. The van der Waals surface area contributed by atoms with E-state index in [4.69, 9.17) is 0 Å². The van der Waals surface area contributed by atoms with Gasteiger partial charge in [-0.2, -0.15) is 0 Å². The van der Waals surface area contributed by atoms with E-state index >= 15 is 0 Å². The maximum Gasteiger partial charge on any atom is 0.243 e. The van der Waals surface area contributed by atoms with Gasteiger partial charge in [0, 0.05) is 25.0 Å². The second-order valence-electron chi connectivity index (χ2n) is 6.40. The summed E-state index contributed by atoms with van der Waals surface area (Å²) >= 11 is 0. The predicted molar refractivity (Wildman–Crippen MR) is 84.8 cm³/mol. The number of aromatic nitrogens is 2. The van der Waals surface area contributed by atoms with Crippen molar-refractivity contribution in [1.29, 1.82) is 0 Å². The van der Waals surface area contributed by atoms with Crippen LogP contribution in [0.1, 0.15) is 31.4 Å². The van der Waals surface area contributed by atoms with Gasteiger partial charge in [0.1, 0.15) is 11.7 Å². The molecule has 1 N–H and O–H groups in total. The molecule has 2 aromatic heterocycles. The summed E-state index contributed by atoms with van der Waals surface area (Å²) in [4.78, 5) is 31.1. The van der Waals surface area contributed by atoms with Crippen LogP contribution in [0, 0.1) is 0 Å². The highest BCUT2D eigenvalue weighted by atomic mass is 16.2. The Morgan fingerprint density at radius 3 is 2.91 bits per heavy atom. The molecule has 0 aromatic carbocycles. The minimum absolute atomic E-state index is 0.00773. The van der Waals surface area contributed by atoms with Crippen LogP contribution in [0.15, 0.2) is 30.6 Å². The lowest BCUT2D eigenvalue weighted by Gasteiger charge is -2.23. The Morgan fingerprint density at radius 1 is 1.26 bits per heavy atom. The number of carbonyl (C=O) groups excluding carboxylic acids is 2. The first kappa shape index (κ1) is 14.2. The highest BCUT2D eigenvalue weighted by Gasteiger charge is 2.36. The molecule has 1 aliphatic carbocycles. The summed E-state index contributed by atoms with van der Waals surface area (Å²) < 4.78 is 1.91. The van der Waals surface area contributed by atoms with Gasteiger partial charge in [0.05, 0.1) is 12.1 Å². The third-order valence-corrected chi connectivity index (χ3v) is 4.55. The van der Waals surface area contributed by atoms with Gasteiger partial charge in [-0.15, -0.1) is 0 Å². The smallest absolute Gasteiger partial charge is 0.243 e. The van der Waals surface area contributed by atoms with Gasteiger partial charge in [0.2, 0.25) is 11.8 Å². The van der Waals surface area contributed by atoms with Crippen LogP contribution < -0.4 is 5.32 Å². The highest BCUT2D eigenvalue weighted by molar-refractivity contribution is 5.89. The van der Waals surface area contributed by atoms with Crippen molar-refractivity contribution in [2.45, 2.75) is 44.2 Å². The second-order valence-corrected chi connectivity index (χ2v) is 6.40. The molecule has 2 amide bonds. The maximum atomic E-state index is 12.6. The van der Waals surface area contributed by atoms with E-state index in [0.29, 0.717) is 12.6 Å². The Morgan fingerprint density at radius 2 is 2.13 bits per heavy atom. The average molecular weight is 312 g/mol. The number of nitrogens with one attached hydrogen (secondary N) is 1. The highest BCUT2D eigenvalue weighted by Crippen LogP contribution is 2.23. The van der Waals surface area contributed by atoms with Crippen LogP contribution in [0.25, 0.3) is 5.65 Å². The average Bonchev–Trinajstić information content (AvgIpc) is 3.07. The summed E-state index contributed by atoms with van der Waals surface area (Å²) in [5.74, 6) is -0.00444. The number of hydrogen-bond donors (Lipinski definition) is 1. The fraction of sp³-hybridized carbons (Fsp3) is 0.471. The zero-order valence-electron chi connectivity index (χ0n) is 12.9. The number of likely N-dealkylation sites (tertiary alicyclic amines) is 1. The molecule has 1 atom stereocenters. The molecule has 0 spiro atoms. The van der Waals surface area contributed by atoms with E-state index in [2.05, 4.69) is 10.3 Å². The van der Waals surface area contributed by atoms with Crippen LogP contribution in [0.2, 0.25) is 0 Å². The molecule has 2 aliphatic rings. The van der Waals surface area contributed by atoms with Crippen molar-refractivity contribution in [3.05, 3.63) is 36.3 Å². The number of imidazole rings is 1. The number of nitrogens with zero attached hydrogens (tertiary/aromatic N) is 3. The fourth-order valence-electron chi connectivity index (χ4n) is 3.19. The number of carbonyl (C=O) groups is 2.